The molecule has 1 aromatic carbocycles. The van der Waals surface area contributed by atoms with Gasteiger partial charge in [0, 0.05) is 25.0 Å². The second kappa shape index (κ2) is 8.66. The number of nitrogens with zero attached hydrogens (tertiary/aromatic N) is 4. The van der Waals surface area contributed by atoms with Crippen molar-refractivity contribution in [1.82, 2.24) is 19.6 Å². The summed E-state index contributed by atoms with van der Waals surface area (Å²) < 4.78 is 43.2. The van der Waals surface area contributed by atoms with Crippen molar-refractivity contribution in [1.29, 1.82) is 0 Å². The molecule has 2 aliphatic heterocycles. The Kier molecular flexibility index (Phi) is 5.84. The van der Waals surface area contributed by atoms with E-state index >= 15 is 0 Å². The summed E-state index contributed by atoms with van der Waals surface area (Å²) in [5.74, 6) is -0.00351. The molecule has 2 aromatic rings. The first-order valence-corrected chi connectivity index (χ1v) is 11.8. The topological polar surface area (TPSA) is 50.6 Å². The number of halogens is 3. The first kappa shape index (κ1) is 22.3. The Bertz CT molecular complexity index is 1000. The normalized spacial score (nSPS) is 20.4. The van der Waals surface area contributed by atoms with Gasteiger partial charge in [0.1, 0.15) is 5.75 Å². The van der Waals surface area contributed by atoms with Gasteiger partial charge in [0.2, 0.25) is 0 Å². The maximum atomic E-state index is 13.6. The highest BCUT2D eigenvalue weighted by Gasteiger charge is 2.37. The van der Waals surface area contributed by atoms with E-state index in [1.165, 1.54) is 38.1 Å². The van der Waals surface area contributed by atoms with Gasteiger partial charge in [-0.25, -0.2) is 4.68 Å². The van der Waals surface area contributed by atoms with Crippen molar-refractivity contribution in [3.8, 4) is 11.4 Å². The molecule has 3 heterocycles. The number of carbonyl (C=O) groups is 1. The van der Waals surface area contributed by atoms with Gasteiger partial charge in [-0.05, 0) is 82.8 Å². The molecule has 33 heavy (non-hydrogen) atoms. The van der Waals surface area contributed by atoms with Gasteiger partial charge < -0.3 is 14.5 Å². The standard InChI is InChI=1S/C24H29F3N4O2/c1-16-21(23(32)30-14-10-18(11-15-30)29-12-2-3-13-29)22(17-4-5-17)31(28-16)19-6-8-20(9-7-19)33-24(25,26)27/h6-9,17-18H,2-5,10-15H2,1H3. The fourth-order valence-corrected chi connectivity index (χ4v) is 5.23. The Morgan fingerprint density at radius 2 is 1.64 bits per heavy atom. The highest BCUT2D eigenvalue weighted by molar-refractivity contribution is 5.97. The Morgan fingerprint density at radius 1 is 1.00 bits per heavy atom. The van der Waals surface area contributed by atoms with Gasteiger partial charge in [-0.1, -0.05) is 0 Å². The molecule has 2 saturated heterocycles. The van der Waals surface area contributed by atoms with Crippen molar-refractivity contribution < 1.29 is 22.7 Å². The van der Waals surface area contributed by atoms with Gasteiger partial charge in [-0.15, -0.1) is 13.2 Å². The van der Waals surface area contributed by atoms with E-state index in [2.05, 4.69) is 14.7 Å². The van der Waals surface area contributed by atoms with Gasteiger partial charge in [0.05, 0.1) is 22.6 Å². The predicted molar refractivity (Wildman–Crippen MR) is 117 cm³/mol. The zero-order valence-electron chi connectivity index (χ0n) is 18.8. The van der Waals surface area contributed by atoms with Crippen molar-refractivity contribution in [2.45, 2.75) is 63.8 Å². The lowest BCUT2D eigenvalue weighted by Crippen LogP contribution is -2.46. The van der Waals surface area contributed by atoms with Crippen molar-refractivity contribution in [2.24, 2.45) is 0 Å². The molecule has 0 spiro atoms. The summed E-state index contributed by atoms with van der Waals surface area (Å²) in [6.07, 6.45) is 1.77. The van der Waals surface area contributed by atoms with Crippen LogP contribution in [0.3, 0.4) is 0 Å². The molecule has 5 rings (SSSR count). The molecule has 1 aromatic heterocycles. The van der Waals surface area contributed by atoms with E-state index in [0.29, 0.717) is 23.0 Å². The van der Waals surface area contributed by atoms with Crippen LogP contribution in [0.4, 0.5) is 13.2 Å². The van der Waals surface area contributed by atoms with Crippen LogP contribution in [0.5, 0.6) is 5.75 Å². The first-order chi connectivity index (χ1) is 15.8. The summed E-state index contributed by atoms with van der Waals surface area (Å²) in [5.41, 5.74) is 2.83. The second-order valence-electron chi connectivity index (χ2n) is 9.34. The van der Waals surface area contributed by atoms with Gasteiger partial charge in [0.25, 0.3) is 5.91 Å². The van der Waals surface area contributed by atoms with E-state index in [-0.39, 0.29) is 17.6 Å². The van der Waals surface area contributed by atoms with Gasteiger partial charge >= 0.3 is 6.36 Å². The van der Waals surface area contributed by atoms with Crippen LogP contribution in [-0.2, 0) is 0 Å². The fourth-order valence-electron chi connectivity index (χ4n) is 5.23. The lowest BCUT2D eigenvalue weighted by atomic mass is 10.0. The number of benzene rings is 1. The largest absolute Gasteiger partial charge is 0.573 e. The molecule has 9 heteroatoms. The van der Waals surface area contributed by atoms with Crippen molar-refractivity contribution in [3.63, 3.8) is 0 Å². The van der Waals surface area contributed by atoms with Crippen LogP contribution in [0.15, 0.2) is 24.3 Å². The molecule has 0 atom stereocenters. The molecule has 1 amide bonds. The Balaban J connectivity index is 1.36. The predicted octanol–water partition coefficient (Wildman–Crippen LogP) is 4.66. The monoisotopic (exact) mass is 462 g/mol. The highest BCUT2D eigenvalue weighted by Crippen LogP contribution is 2.44. The number of aromatic nitrogens is 2. The third kappa shape index (κ3) is 4.74. The Hall–Kier alpha value is -2.55. The smallest absolute Gasteiger partial charge is 0.406 e. The maximum absolute atomic E-state index is 13.6. The summed E-state index contributed by atoms with van der Waals surface area (Å²) in [6, 6.07) is 6.23. The number of hydrogen-bond donors (Lipinski definition) is 0. The molecular weight excluding hydrogens is 433 g/mol. The number of hydrogen-bond acceptors (Lipinski definition) is 4. The van der Waals surface area contributed by atoms with Gasteiger partial charge in [-0.2, -0.15) is 5.10 Å². The van der Waals surface area contributed by atoms with Crippen LogP contribution in [0.1, 0.15) is 66.2 Å². The number of amides is 1. The van der Waals surface area contributed by atoms with Crippen molar-refractivity contribution >= 4 is 5.91 Å². The Morgan fingerprint density at radius 3 is 2.21 bits per heavy atom. The van der Waals surface area contributed by atoms with Gasteiger partial charge in [0.15, 0.2) is 0 Å². The summed E-state index contributed by atoms with van der Waals surface area (Å²) in [4.78, 5) is 18.1. The van der Waals surface area contributed by atoms with Crippen LogP contribution >= 0.6 is 0 Å². The fraction of sp³-hybridized carbons (Fsp3) is 0.583. The minimum absolute atomic E-state index is 0.0255. The number of aryl methyl sites for hydroxylation is 1. The van der Waals surface area contributed by atoms with Crippen molar-refractivity contribution in [2.75, 3.05) is 26.2 Å². The third-order valence-electron chi connectivity index (χ3n) is 7.00. The van der Waals surface area contributed by atoms with E-state index in [1.807, 2.05) is 11.8 Å². The molecule has 0 radical (unpaired) electrons. The summed E-state index contributed by atoms with van der Waals surface area (Å²) in [5, 5.41) is 4.64. The van der Waals surface area contributed by atoms with Crippen LogP contribution in [0.25, 0.3) is 5.69 Å². The summed E-state index contributed by atoms with van der Waals surface area (Å²) in [6.45, 7) is 5.68. The zero-order valence-corrected chi connectivity index (χ0v) is 18.8. The molecule has 1 saturated carbocycles. The van der Waals surface area contributed by atoms with Crippen LogP contribution in [0, 0.1) is 6.92 Å². The van der Waals surface area contributed by atoms with Gasteiger partial charge in [-0.3, -0.25) is 4.79 Å². The molecule has 3 fully saturated rings. The lowest BCUT2D eigenvalue weighted by molar-refractivity contribution is -0.274. The lowest BCUT2D eigenvalue weighted by Gasteiger charge is -2.36. The molecule has 0 N–H and O–H groups in total. The number of rotatable bonds is 5. The van der Waals surface area contributed by atoms with Crippen LogP contribution < -0.4 is 4.74 Å². The molecular formula is C24H29F3N4O2. The van der Waals surface area contributed by atoms with E-state index in [4.69, 9.17) is 0 Å². The van der Waals surface area contributed by atoms with Crippen molar-refractivity contribution in [3.05, 3.63) is 41.2 Å². The zero-order chi connectivity index (χ0) is 23.2. The molecule has 3 aliphatic rings. The number of alkyl halides is 3. The van der Waals surface area contributed by atoms with E-state index in [9.17, 15) is 18.0 Å². The quantitative estimate of drug-likeness (QED) is 0.649. The maximum Gasteiger partial charge on any atom is 0.573 e. The average molecular weight is 463 g/mol. The number of likely N-dealkylation sites (tertiary alicyclic amines) is 2. The van der Waals surface area contributed by atoms with E-state index < -0.39 is 6.36 Å². The average Bonchev–Trinajstić information content (AvgIpc) is 3.35. The van der Waals surface area contributed by atoms with E-state index in [1.54, 1.807) is 16.8 Å². The number of carbonyl (C=O) groups excluding carboxylic acids is 1. The number of ether oxygens (including phenoxy) is 1. The van der Waals surface area contributed by atoms with Crippen LogP contribution in [0.2, 0.25) is 0 Å². The number of piperidine rings is 1. The summed E-state index contributed by atoms with van der Waals surface area (Å²) in [7, 11) is 0. The Labute approximate surface area is 191 Å². The molecule has 0 unspecified atom stereocenters. The molecule has 6 nitrogen and oxygen atoms in total. The minimum atomic E-state index is -4.73. The molecule has 1 aliphatic carbocycles. The minimum Gasteiger partial charge on any atom is -0.406 e. The van der Waals surface area contributed by atoms with E-state index in [0.717, 1.165) is 44.5 Å². The molecule has 0 bridgehead atoms. The van der Waals surface area contributed by atoms with Crippen LogP contribution in [-0.4, -0.2) is 64.1 Å². The first-order valence-electron chi connectivity index (χ1n) is 11.8. The summed E-state index contributed by atoms with van der Waals surface area (Å²) >= 11 is 0. The molecule has 178 valence electrons. The third-order valence-corrected chi connectivity index (χ3v) is 7.00. The second-order valence-corrected chi connectivity index (χ2v) is 9.34. The SMILES string of the molecule is Cc1nn(-c2ccc(OC(F)(F)F)cc2)c(C2CC2)c1C(=O)N1CCC(N2CCCC2)CC1. The highest BCUT2D eigenvalue weighted by atomic mass is 19.4.